The van der Waals surface area contributed by atoms with Crippen LogP contribution in [0.3, 0.4) is 0 Å². The van der Waals surface area contributed by atoms with Crippen molar-refractivity contribution >= 4 is 10.8 Å². The van der Waals surface area contributed by atoms with E-state index in [-0.39, 0.29) is 6.42 Å². The molecule has 0 aliphatic heterocycles. The van der Waals surface area contributed by atoms with Gasteiger partial charge in [0, 0.05) is 6.42 Å². The molecule has 1 nitrogen and oxygen atoms in total. The lowest BCUT2D eigenvalue weighted by molar-refractivity contribution is 0.0118. The first-order chi connectivity index (χ1) is 8.03. The van der Waals surface area contributed by atoms with E-state index >= 15 is 0 Å². The minimum absolute atomic E-state index is 0.301. The summed E-state index contributed by atoms with van der Waals surface area (Å²) in [6.45, 7) is 1.36. The van der Waals surface area contributed by atoms with E-state index in [1.807, 2.05) is 37.3 Å². The van der Waals surface area contributed by atoms with Crippen LogP contribution in [-0.4, -0.2) is 12.5 Å². The molecule has 0 aliphatic carbocycles. The highest BCUT2D eigenvalue weighted by Crippen LogP contribution is 2.27. The molecule has 0 unspecified atom stereocenters. The number of fused-ring (bicyclic) bond motifs is 1. The summed E-state index contributed by atoms with van der Waals surface area (Å²) in [5.74, 6) is -2.84. The number of hydrogen-bond acceptors (Lipinski definition) is 1. The Morgan fingerprint density at radius 1 is 1.06 bits per heavy atom. The smallest absolute Gasteiger partial charge is 0.264 e. The molecule has 3 heteroatoms. The lowest BCUT2D eigenvalue weighted by Crippen LogP contribution is -2.30. The maximum Gasteiger partial charge on any atom is 0.264 e. The van der Waals surface area contributed by atoms with E-state index in [4.69, 9.17) is 5.73 Å². The molecular weight excluding hydrogens is 220 g/mol. The fourth-order valence-electron chi connectivity index (χ4n) is 2.02. The average Bonchev–Trinajstić information content (AvgIpc) is 2.33. The van der Waals surface area contributed by atoms with Crippen molar-refractivity contribution in [3.63, 3.8) is 0 Å². The monoisotopic (exact) mass is 235 g/mol. The van der Waals surface area contributed by atoms with Gasteiger partial charge < -0.3 is 5.73 Å². The molecule has 0 fully saturated rings. The van der Waals surface area contributed by atoms with Crippen molar-refractivity contribution in [3.05, 3.63) is 47.5 Å². The van der Waals surface area contributed by atoms with Crippen LogP contribution in [0.2, 0.25) is 0 Å². The summed E-state index contributed by atoms with van der Waals surface area (Å²) in [5, 5.41) is 1.92. The highest BCUT2D eigenvalue weighted by atomic mass is 19.3. The van der Waals surface area contributed by atoms with Crippen LogP contribution in [0.1, 0.15) is 11.1 Å². The Kier molecular flexibility index (Phi) is 3.11. The Bertz CT molecular complexity index is 535. The summed E-state index contributed by atoms with van der Waals surface area (Å²) < 4.78 is 26.7. The zero-order chi connectivity index (χ0) is 12.5. The number of alkyl halides is 2. The van der Waals surface area contributed by atoms with Crippen LogP contribution in [-0.2, 0) is 6.42 Å². The molecule has 2 rings (SSSR count). The van der Waals surface area contributed by atoms with Gasteiger partial charge in [0.1, 0.15) is 0 Å². The predicted molar refractivity (Wildman–Crippen MR) is 66.4 cm³/mol. The van der Waals surface area contributed by atoms with Gasteiger partial charge in [-0.2, -0.15) is 0 Å². The number of aryl methyl sites for hydroxylation is 1. The van der Waals surface area contributed by atoms with Crippen LogP contribution < -0.4 is 5.73 Å². The predicted octanol–water partition coefficient (Wildman–Crippen LogP) is 3.28. The molecule has 0 saturated heterocycles. The van der Waals surface area contributed by atoms with Crippen molar-refractivity contribution in [2.24, 2.45) is 5.73 Å². The fourth-order valence-corrected chi connectivity index (χ4v) is 2.02. The number of rotatable bonds is 3. The maximum absolute atomic E-state index is 13.3. The summed E-state index contributed by atoms with van der Waals surface area (Å²) in [5.41, 5.74) is 6.83. The Morgan fingerprint density at radius 3 is 2.35 bits per heavy atom. The summed E-state index contributed by atoms with van der Waals surface area (Å²) >= 11 is 0. The third-order valence-corrected chi connectivity index (χ3v) is 2.98. The summed E-state index contributed by atoms with van der Waals surface area (Å²) in [4.78, 5) is 0. The van der Waals surface area contributed by atoms with Crippen LogP contribution >= 0.6 is 0 Å². The molecular formula is C14H15F2N. The van der Waals surface area contributed by atoms with Crippen LogP contribution in [0.4, 0.5) is 8.78 Å². The quantitative estimate of drug-likeness (QED) is 0.868. The van der Waals surface area contributed by atoms with E-state index in [0.717, 1.165) is 16.3 Å². The minimum atomic E-state index is -2.84. The number of halogens is 2. The van der Waals surface area contributed by atoms with Crippen molar-refractivity contribution in [3.8, 4) is 0 Å². The van der Waals surface area contributed by atoms with Gasteiger partial charge in [-0.3, -0.25) is 0 Å². The van der Waals surface area contributed by atoms with E-state index in [0.29, 0.717) is 5.56 Å². The molecule has 0 bridgehead atoms. The van der Waals surface area contributed by atoms with Crippen LogP contribution in [0.5, 0.6) is 0 Å². The first-order valence-corrected chi connectivity index (χ1v) is 5.58. The van der Waals surface area contributed by atoms with Crippen LogP contribution in [0, 0.1) is 6.92 Å². The minimum Gasteiger partial charge on any atom is -0.325 e. The molecule has 0 amide bonds. The average molecular weight is 235 g/mol. The second kappa shape index (κ2) is 4.41. The Balaban J connectivity index is 2.52. The molecule has 0 aromatic heterocycles. The Labute approximate surface area is 99.2 Å². The first-order valence-electron chi connectivity index (χ1n) is 5.58. The van der Waals surface area contributed by atoms with Gasteiger partial charge in [0.15, 0.2) is 0 Å². The normalized spacial score (nSPS) is 12.0. The first kappa shape index (κ1) is 12.0. The summed E-state index contributed by atoms with van der Waals surface area (Å²) in [6.07, 6.45) is -0.301. The largest absolute Gasteiger partial charge is 0.325 e. The van der Waals surface area contributed by atoms with E-state index in [1.165, 1.54) is 0 Å². The molecule has 90 valence electrons. The number of benzene rings is 2. The van der Waals surface area contributed by atoms with Crippen LogP contribution in [0.15, 0.2) is 36.4 Å². The van der Waals surface area contributed by atoms with Crippen molar-refractivity contribution in [1.82, 2.24) is 0 Å². The molecule has 2 N–H and O–H groups in total. The summed E-state index contributed by atoms with van der Waals surface area (Å²) in [6, 6.07) is 11.3. The standard InChI is InChI=1S/C14H15F2N/c1-10-6-7-11(8-14(15,16)9-17)13-5-3-2-4-12(10)13/h2-7H,8-9,17H2,1H3. The van der Waals surface area contributed by atoms with Gasteiger partial charge in [-0.15, -0.1) is 0 Å². The number of hydrogen-bond donors (Lipinski definition) is 1. The van der Waals surface area contributed by atoms with Crippen molar-refractivity contribution in [2.45, 2.75) is 19.3 Å². The van der Waals surface area contributed by atoms with Crippen molar-refractivity contribution in [2.75, 3.05) is 6.54 Å². The van der Waals surface area contributed by atoms with E-state index in [2.05, 4.69) is 0 Å². The molecule has 2 aromatic carbocycles. The highest BCUT2D eigenvalue weighted by Gasteiger charge is 2.27. The lowest BCUT2D eigenvalue weighted by Gasteiger charge is -2.16. The molecule has 2 aromatic rings. The molecule has 0 radical (unpaired) electrons. The second-order valence-corrected chi connectivity index (χ2v) is 4.32. The van der Waals surface area contributed by atoms with Gasteiger partial charge in [-0.25, -0.2) is 8.78 Å². The highest BCUT2D eigenvalue weighted by molar-refractivity contribution is 5.88. The van der Waals surface area contributed by atoms with Gasteiger partial charge >= 0.3 is 0 Å². The van der Waals surface area contributed by atoms with E-state index in [1.54, 1.807) is 6.07 Å². The molecule has 0 aliphatic rings. The zero-order valence-corrected chi connectivity index (χ0v) is 9.71. The topological polar surface area (TPSA) is 26.0 Å². The molecule has 0 heterocycles. The molecule has 0 atom stereocenters. The van der Waals surface area contributed by atoms with Gasteiger partial charge in [-0.05, 0) is 28.8 Å². The molecule has 0 spiro atoms. The van der Waals surface area contributed by atoms with E-state index < -0.39 is 12.5 Å². The van der Waals surface area contributed by atoms with E-state index in [9.17, 15) is 8.78 Å². The third kappa shape index (κ3) is 2.44. The van der Waals surface area contributed by atoms with Crippen LogP contribution in [0.25, 0.3) is 10.8 Å². The Hall–Kier alpha value is -1.48. The van der Waals surface area contributed by atoms with Gasteiger partial charge in [-0.1, -0.05) is 36.4 Å². The lowest BCUT2D eigenvalue weighted by atomic mass is 9.96. The number of nitrogens with two attached hydrogens (primary N) is 1. The zero-order valence-electron chi connectivity index (χ0n) is 9.71. The van der Waals surface area contributed by atoms with Crippen molar-refractivity contribution < 1.29 is 8.78 Å². The SMILES string of the molecule is Cc1ccc(CC(F)(F)CN)c2ccccc12. The van der Waals surface area contributed by atoms with Gasteiger partial charge in [0.2, 0.25) is 0 Å². The molecule has 0 saturated carbocycles. The second-order valence-electron chi connectivity index (χ2n) is 4.32. The third-order valence-electron chi connectivity index (χ3n) is 2.98. The van der Waals surface area contributed by atoms with Gasteiger partial charge in [0.25, 0.3) is 5.92 Å². The van der Waals surface area contributed by atoms with Crippen molar-refractivity contribution in [1.29, 1.82) is 0 Å². The molecule has 17 heavy (non-hydrogen) atoms. The fraction of sp³-hybridized carbons (Fsp3) is 0.286. The van der Waals surface area contributed by atoms with Gasteiger partial charge in [0.05, 0.1) is 6.54 Å². The maximum atomic E-state index is 13.3. The Morgan fingerprint density at radius 2 is 1.71 bits per heavy atom. The summed E-state index contributed by atoms with van der Waals surface area (Å²) in [7, 11) is 0.